The van der Waals surface area contributed by atoms with Crippen LogP contribution in [0.4, 0.5) is 0 Å². The first-order chi connectivity index (χ1) is 20.0. The predicted octanol–water partition coefficient (Wildman–Crippen LogP) is 7.72. The average Bonchev–Trinajstić information content (AvgIpc) is 2.91. The number of aliphatic hydroxyl groups excluding tert-OH is 1. The van der Waals surface area contributed by atoms with E-state index in [2.05, 4.69) is 89.2 Å². The van der Waals surface area contributed by atoms with Crippen LogP contribution in [0.3, 0.4) is 0 Å². The van der Waals surface area contributed by atoms with Gasteiger partial charge in [0.25, 0.3) is 0 Å². The second-order valence-corrected chi connectivity index (χ2v) is 18.7. The number of ether oxygens (including phenoxy) is 2. The van der Waals surface area contributed by atoms with Crippen LogP contribution in [-0.4, -0.2) is 54.3 Å². The molecule has 0 spiro atoms. The van der Waals surface area contributed by atoms with Gasteiger partial charge >= 0.3 is 5.97 Å². The molecular weight excluding hydrogens is 550 g/mol. The number of rotatable bonds is 8. The highest BCUT2D eigenvalue weighted by Gasteiger charge is 2.70. The van der Waals surface area contributed by atoms with E-state index < -0.39 is 22.8 Å². The van der Waals surface area contributed by atoms with E-state index in [1.807, 2.05) is 0 Å². The summed E-state index contributed by atoms with van der Waals surface area (Å²) in [6.07, 6.45) is 7.43. The highest BCUT2D eigenvalue weighted by atomic mass is 16.5. The Balaban J connectivity index is 1.77. The van der Waals surface area contributed by atoms with Crippen molar-refractivity contribution in [2.45, 2.75) is 139 Å². The van der Waals surface area contributed by atoms with Crippen LogP contribution in [0, 0.1) is 62.1 Å². The van der Waals surface area contributed by atoms with Gasteiger partial charge in [-0.3, -0.25) is 4.79 Å². The minimum Gasteiger partial charge on any atom is -0.481 e. The predicted molar refractivity (Wildman–Crippen MR) is 178 cm³/mol. The van der Waals surface area contributed by atoms with Gasteiger partial charge in [0.2, 0.25) is 0 Å². The zero-order valence-electron chi connectivity index (χ0n) is 30.5. The molecule has 0 aromatic heterocycles. The number of methoxy groups -OCH3 is 1. The first kappa shape index (κ1) is 35.9. The molecule has 0 amide bonds. The van der Waals surface area contributed by atoms with Crippen molar-refractivity contribution in [3.05, 3.63) is 11.6 Å². The summed E-state index contributed by atoms with van der Waals surface area (Å²) in [7, 11) is 1.77. The maximum absolute atomic E-state index is 13.3. The van der Waals surface area contributed by atoms with Crippen LogP contribution in [0.1, 0.15) is 122 Å². The second kappa shape index (κ2) is 11.3. The van der Waals surface area contributed by atoms with Crippen molar-refractivity contribution in [2.24, 2.45) is 67.8 Å². The topological polar surface area (TPSA) is 102 Å². The smallest absolute Gasteiger partial charge is 0.307 e. The lowest BCUT2D eigenvalue weighted by Gasteiger charge is -2.70. The van der Waals surface area contributed by atoms with E-state index in [-0.39, 0.29) is 57.7 Å². The Hall–Kier alpha value is -0.950. The van der Waals surface area contributed by atoms with Gasteiger partial charge in [0.1, 0.15) is 0 Å². The molecule has 3 saturated carbocycles. The van der Waals surface area contributed by atoms with Crippen molar-refractivity contribution in [1.82, 2.24) is 0 Å². The Kier molecular flexibility index (Phi) is 9.25. The summed E-state index contributed by atoms with van der Waals surface area (Å²) < 4.78 is 13.0. The fourth-order valence-corrected chi connectivity index (χ4v) is 11.2. The molecule has 6 heteroatoms. The number of allylic oxidation sites excluding steroid dienone is 1. The molecule has 44 heavy (non-hydrogen) atoms. The van der Waals surface area contributed by atoms with Gasteiger partial charge in [-0.25, -0.2) is 0 Å². The van der Waals surface area contributed by atoms with E-state index >= 15 is 0 Å². The zero-order chi connectivity index (χ0) is 33.5. The highest BCUT2D eigenvalue weighted by molar-refractivity contribution is 5.73. The highest BCUT2D eigenvalue weighted by Crippen LogP contribution is 2.74. The summed E-state index contributed by atoms with van der Waals surface area (Å²) in [5.41, 5.74) is 6.04. The van der Waals surface area contributed by atoms with Crippen molar-refractivity contribution < 1.29 is 24.5 Å². The fourth-order valence-electron chi connectivity index (χ4n) is 11.2. The SMILES string of the molecule is CO[C@@H]1C[C@]2(CO)C3=CC[C@@]4(C)[C@H](C(=O)O)[C@@](C)([C@H](C)C(C)C)CC[C@]4(C)[C@H]3CC[C@H]2C(C)(C)C1OC[C@](C)(N)C(C)(C)C. The molecule has 0 aliphatic heterocycles. The number of hydrogen-bond acceptors (Lipinski definition) is 5. The van der Waals surface area contributed by atoms with Crippen LogP contribution >= 0.6 is 0 Å². The fraction of sp³-hybridized carbons (Fsp3) is 0.921. The monoisotopic (exact) mass is 618 g/mol. The summed E-state index contributed by atoms with van der Waals surface area (Å²) in [5, 5.41) is 22.4. The van der Waals surface area contributed by atoms with Gasteiger partial charge in [-0.1, -0.05) is 87.8 Å². The molecule has 0 saturated heterocycles. The van der Waals surface area contributed by atoms with Crippen LogP contribution in [0.2, 0.25) is 0 Å². The Bertz CT molecular complexity index is 1120. The summed E-state index contributed by atoms with van der Waals surface area (Å²) >= 11 is 0. The first-order valence-electron chi connectivity index (χ1n) is 17.5. The molecule has 0 aromatic carbocycles. The van der Waals surface area contributed by atoms with Crippen molar-refractivity contribution in [3.8, 4) is 0 Å². The number of aliphatic carboxylic acids is 1. The molecular formula is C38H67NO5. The van der Waals surface area contributed by atoms with E-state index in [1.165, 1.54) is 5.57 Å². The number of nitrogens with two attached hydrogens (primary N) is 1. The third kappa shape index (κ3) is 4.97. The van der Waals surface area contributed by atoms with Gasteiger partial charge in [0.15, 0.2) is 0 Å². The van der Waals surface area contributed by atoms with Gasteiger partial charge in [-0.05, 0) is 96.2 Å². The molecule has 0 aromatic rings. The first-order valence-corrected chi connectivity index (χ1v) is 17.5. The summed E-state index contributed by atoms with van der Waals surface area (Å²) in [4.78, 5) is 13.3. The molecule has 1 unspecified atom stereocenters. The van der Waals surface area contributed by atoms with Crippen LogP contribution in [0.15, 0.2) is 11.6 Å². The molecule has 0 radical (unpaired) electrons. The van der Waals surface area contributed by atoms with E-state index in [0.29, 0.717) is 24.9 Å². The lowest BCUT2D eigenvalue weighted by atomic mass is 9.34. The molecule has 254 valence electrons. The second-order valence-electron chi connectivity index (χ2n) is 18.7. The van der Waals surface area contributed by atoms with Crippen molar-refractivity contribution >= 4 is 5.97 Å². The van der Waals surface area contributed by atoms with Crippen molar-refractivity contribution in [1.29, 1.82) is 0 Å². The third-order valence-electron chi connectivity index (χ3n) is 15.3. The Morgan fingerprint density at radius 2 is 1.66 bits per heavy atom. The van der Waals surface area contributed by atoms with Gasteiger partial charge in [-0.15, -0.1) is 0 Å². The number of aliphatic hydroxyl groups is 1. The summed E-state index contributed by atoms with van der Waals surface area (Å²) in [5.74, 6) is 0.120. The quantitative estimate of drug-likeness (QED) is 0.241. The van der Waals surface area contributed by atoms with Crippen LogP contribution < -0.4 is 5.73 Å². The third-order valence-corrected chi connectivity index (χ3v) is 15.3. The molecule has 3 fully saturated rings. The molecule has 4 aliphatic carbocycles. The molecule has 0 bridgehead atoms. The van der Waals surface area contributed by atoms with Crippen molar-refractivity contribution in [3.63, 3.8) is 0 Å². The number of carboxylic acids is 1. The Morgan fingerprint density at radius 1 is 1.05 bits per heavy atom. The summed E-state index contributed by atoms with van der Waals surface area (Å²) in [6.45, 7) is 27.3. The average molecular weight is 618 g/mol. The largest absolute Gasteiger partial charge is 0.481 e. The van der Waals surface area contributed by atoms with Gasteiger partial charge < -0.3 is 25.4 Å². The molecule has 4 aliphatic rings. The van der Waals surface area contributed by atoms with Gasteiger partial charge in [0, 0.05) is 18.1 Å². The molecule has 0 heterocycles. The normalized spacial score (nSPS) is 44.1. The Morgan fingerprint density at radius 3 is 2.16 bits per heavy atom. The standard InChI is InChI=1S/C38H67NO5/c1-23(2)24(3)34(9)18-19-35(10)25-14-15-28-33(7,8)30(44-22-37(12,39)32(4,5)6)27(43-13)20-38(28,21-40)26(25)16-17-36(35,11)29(34)31(41)42/h16,23-25,27-30,40H,14-15,17-22,39H2,1-13H3,(H,41,42)/t24-,25+,27-,28+,29-,30?,34-,35-,36+,37+,38+/m1/s1. The van der Waals surface area contributed by atoms with Crippen LogP contribution in [0.5, 0.6) is 0 Å². The minimum atomic E-state index is -0.642. The lowest BCUT2D eigenvalue weighted by molar-refractivity contribution is -0.224. The van der Waals surface area contributed by atoms with Gasteiger partial charge in [-0.2, -0.15) is 0 Å². The number of carboxylic acid groups (broad SMARTS) is 1. The minimum absolute atomic E-state index is 0.0733. The number of fused-ring (bicyclic) bond motifs is 5. The maximum atomic E-state index is 13.3. The Labute approximate surface area is 269 Å². The van der Waals surface area contributed by atoms with E-state index in [0.717, 1.165) is 32.1 Å². The van der Waals surface area contributed by atoms with E-state index in [9.17, 15) is 15.0 Å². The number of hydrogen-bond donors (Lipinski definition) is 3. The van der Waals surface area contributed by atoms with Crippen LogP contribution in [-0.2, 0) is 14.3 Å². The molecule has 6 nitrogen and oxygen atoms in total. The molecule has 4 rings (SSSR count). The lowest BCUT2D eigenvalue weighted by Crippen LogP contribution is -2.67. The van der Waals surface area contributed by atoms with E-state index in [4.69, 9.17) is 15.2 Å². The number of carbonyl (C=O) groups is 1. The van der Waals surface area contributed by atoms with Gasteiger partial charge in [0.05, 0.1) is 31.3 Å². The molecule has 11 atom stereocenters. The van der Waals surface area contributed by atoms with Crippen LogP contribution in [0.25, 0.3) is 0 Å². The van der Waals surface area contributed by atoms with Crippen molar-refractivity contribution in [2.75, 3.05) is 20.3 Å². The molecule has 4 N–H and O–H groups in total. The van der Waals surface area contributed by atoms with E-state index in [1.54, 1.807) is 7.11 Å². The zero-order valence-corrected chi connectivity index (χ0v) is 30.5. The maximum Gasteiger partial charge on any atom is 0.307 e. The summed E-state index contributed by atoms with van der Waals surface area (Å²) in [6, 6.07) is 0.